The van der Waals surface area contributed by atoms with E-state index in [0.717, 1.165) is 12.1 Å². The van der Waals surface area contributed by atoms with Crippen LogP contribution in [0, 0.1) is 0 Å². The molecule has 0 aliphatic rings. The standard InChI is InChI=1S/C15H19F3N2O4/c1-23-5-6-24-9-13(21)20-12(14(19)22)8-10-3-2-4-11(7-10)15(16,17)18/h2-4,7,12H,5-6,8-9H2,1H3,(H2,19,22)(H,20,21)/t12-/m0/s1. The number of hydrogen-bond acceptors (Lipinski definition) is 4. The molecule has 1 rings (SSSR count). The van der Waals surface area contributed by atoms with E-state index >= 15 is 0 Å². The predicted octanol–water partition coefficient (Wildman–Crippen LogP) is 0.881. The molecule has 0 aliphatic heterocycles. The third-order valence-corrected chi connectivity index (χ3v) is 3.04. The number of amides is 2. The van der Waals surface area contributed by atoms with Gasteiger partial charge in [-0.2, -0.15) is 13.2 Å². The van der Waals surface area contributed by atoms with Crippen molar-refractivity contribution in [2.45, 2.75) is 18.6 Å². The molecule has 0 unspecified atom stereocenters. The number of carbonyl (C=O) groups excluding carboxylic acids is 2. The van der Waals surface area contributed by atoms with E-state index in [0.29, 0.717) is 6.61 Å². The van der Waals surface area contributed by atoms with Gasteiger partial charge in [0, 0.05) is 13.5 Å². The Bertz CT molecular complexity index is 564. The second kappa shape index (κ2) is 9.24. The summed E-state index contributed by atoms with van der Waals surface area (Å²) in [6.45, 7) is 0.186. The van der Waals surface area contributed by atoms with Gasteiger partial charge >= 0.3 is 6.18 Å². The first kappa shape index (κ1) is 19.9. The fourth-order valence-electron chi connectivity index (χ4n) is 1.88. The van der Waals surface area contributed by atoms with Crippen LogP contribution >= 0.6 is 0 Å². The van der Waals surface area contributed by atoms with E-state index in [1.165, 1.54) is 19.2 Å². The van der Waals surface area contributed by atoms with Gasteiger partial charge in [0.25, 0.3) is 0 Å². The van der Waals surface area contributed by atoms with Crippen molar-refractivity contribution in [3.8, 4) is 0 Å². The van der Waals surface area contributed by atoms with Crippen LogP contribution in [-0.4, -0.2) is 44.8 Å². The lowest BCUT2D eigenvalue weighted by Gasteiger charge is -2.16. The van der Waals surface area contributed by atoms with Crippen LogP contribution in [-0.2, 0) is 31.7 Å². The van der Waals surface area contributed by atoms with E-state index in [9.17, 15) is 22.8 Å². The Hall–Kier alpha value is -2.13. The van der Waals surface area contributed by atoms with Gasteiger partial charge in [-0.05, 0) is 11.6 Å². The van der Waals surface area contributed by atoms with Gasteiger partial charge < -0.3 is 20.5 Å². The summed E-state index contributed by atoms with van der Waals surface area (Å²) in [5, 5.41) is 2.34. The molecule has 9 heteroatoms. The molecule has 0 radical (unpaired) electrons. The zero-order valence-corrected chi connectivity index (χ0v) is 13.1. The summed E-state index contributed by atoms with van der Waals surface area (Å²) < 4.78 is 47.8. The largest absolute Gasteiger partial charge is 0.416 e. The first-order valence-corrected chi connectivity index (χ1v) is 7.05. The number of primary amides is 1. The summed E-state index contributed by atoms with van der Waals surface area (Å²) in [5.41, 5.74) is 4.59. The minimum absolute atomic E-state index is 0.150. The molecular formula is C15H19F3N2O4. The summed E-state index contributed by atoms with van der Waals surface area (Å²) in [4.78, 5) is 23.1. The highest BCUT2D eigenvalue weighted by Crippen LogP contribution is 2.29. The molecular weight excluding hydrogens is 329 g/mol. The van der Waals surface area contributed by atoms with Gasteiger partial charge in [0.15, 0.2) is 0 Å². The summed E-state index contributed by atoms with van der Waals surface area (Å²) >= 11 is 0. The van der Waals surface area contributed by atoms with Crippen molar-refractivity contribution in [3.05, 3.63) is 35.4 Å². The molecule has 24 heavy (non-hydrogen) atoms. The third kappa shape index (κ3) is 6.97. The van der Waals surface area contributed by atoms with Crippen LogP contribution in [0.4, 0.5) is 13.2 Å². The molecule has 6 nitrogen and oxygen atoms in total. The Kier molecular flexibility index (Phi) is 7.66. The first-order valence-electron chi connectivity index (χ1n) is 7.05. The average Bonchev–Trinajstić information content (AvgIpc) is 2.50. The summed E-state index contributed by atoms with van der Waals surface area (Å²) in [6, 6.07) is 3.35. The molecule has 134 valence electrons. The van der Waals surface area contributed by atoms with Gasteiger partial charge in [0.1, 0.15) is 12.6 Å². The van der Waals surface area contributed by atoms with Crippen LogP contribution in [0.15, 0.2) is 24.3 Å². The Morgan fingerprint density at radius 2 is 2.00 bits per heavy atom. The van der Waals surface area contributed by atoms with Crippen LogP contribution in [0.1, 0.15) is 11.1 Å². The van der Waals surface area contributed by atoms with Gasteiger partial charge in [-0.25, -0.2) is 0 Å². The Balaban J connectivity index is 2.67. The summed E-state index contributed by atoms with van der Waals surface area (Å²) in [6.07, 6.45) is -4.64. The fourth-order valence-corrected chi connectivity index (χ4v) is 1.88. The number of hydrogen-bond donors (Lipinski definition) is 2. The molecule has 0 saturated heterocycles. The zero-order chi connectivity index (χ0) is 18.2. The van der Waals surface area contributed by atoms with E-state index in [1.54, 1.807) is 0 Å². The van der Waals surface area contributed by atoms with Crippen molar-refractivity contribution in [1.82, 2.24) is 5.32 Å². The average molecular weight is 348 g/mol. The van der Waals surface area contributed by atoms with Crippen molar-refractivity contribution in [2.75, 3.05) is 26.9 Å². The normalized spacial score (nSPS) is 12.7. The van der Waals surface area contributed by atoms with Gasteiger partial charge in [-0.1, -0.05) is 18.2 Å². The van der Waals surface area contributed by atoms with Gasteiger partial charge in [-0.15, -0.1) is 0 Å². The Morgan fingerprint density at radius 3 is 2.58 bits per heavy atom. The molecule has 0 bridgehead atoms. The van der Waals surface area contributed by atoms with Crippen LogP contribution < -0.4 is 11.1 Å². The predicted molar refractivity (Wildman–Crippen MR) is 79.0 cm³/mol. The molecule has 1 aromatic carbocycles. The minimum atomic E-state index is -4.49. The topological polar surface area (TPSA) is 90.7 Å². The van der Waals surface area contributed by atoms with Crippen LogP contribution in [0.2, 0.25) is 0 Å². The molecule has 2 amide bonds. The number of methoxy groups -OCH3 is 1. The number of halogens is 3. The Morgan fingerprint density at radius 1 is 1.29 bits per heavy atom. The monoisotopic (exact) mass is 348 g/mol. The maximum atomic E-state index is 12.7. The number of carbonyl (C=O) groups is 2. The van der Waals surface area contributed by atoms with E-state index in [-0.39, 0.29) is 25.2 Å². The maximum absolute atomic E-state index is 12.7. The second-order valence-corrected chi connectivity index (χ2v) is 4.97. The van der Waals surface area contributed by atoms with E-state index < -0.39 is 29.6 Å². The van der Waals surface area contributed by atoms with Crippen LogP contribution in [0.3, 0.4) is 0 Å². The molecule has 0 heterocycles. The van der Waals surface area contributed by atoms with E-state index in [2.05, 4.69) is 5.32 Å². The van der Waals surface area contributed by atoms with Gasteiger partial charge in [-0.3, -0.25) is 9.59 Å². The second-order valence-electron chi connectivity index (χ2n) is 4.97. The quantitative estimate of drug-likeness (QED) is 0.648. The van der Waals surface area contributed by atoms with Crippen LogP contribution in [0.5, 0.6) is 0 Å². The molecule has 1 atom stereocenters. The third-order valence-electron chi connectivity index (χ3n) is 3.04. The minimum Gasteiger partial charge on any atom is -0.382 e. The maximum Gasteiger partial charge on any atom is 0.416 e. The SMILES string of the molecule is COCCOCC(=O)N[C@@H](Cc1cccc(C(F)(F)F)c1)C(N)=O. The van der Waals surface area contributed by atoms with Crippen LogP contribution in [0.25, 0.3) is 0 Å². The van der Waals surface area contributed by atoms with E-state index in [1.807, 2.05) is 0 Å². The number of alkyl halides is 3. The smallest absolute Gasteiger partial charge is 0.382 e. The Labute approximate surface area is 137 Å². The molecule has 3 N–H and O–H groups in total. The lowest BCUT2D eigenvalue weighted by molar-refractivity contribution is -0.137. The molecule has 0 saturated carbocycles. The number of ether oxygens (including phenoxy) is 2. The van der Waals surface area contributed by atoms with Gasteiger partial charge in [0.05, 0.1) is 18.8 Å². The highest BCUT2D eigenvalue weighted by Gasteiger charge is 2.30. The van der Waals surface area contributed by atoms with Crippen molar-refractivity contribution < 1.29 is 32.2 Å². The number of rotatable bonds is 9. The highest BCUT2D eigenvalue weighted by molar-refractivity contribution is 5.87. The number of nitrogens with one attached hydrogen (secondary N) is 1. The number of benzene rings is 1. The summed E-state index contributed by atoms with van der Waals surface area (Å²) in [5.74, 6) is -1.44. The van der Waals surface area contributed by atoms with Crippen molar-refractivity contribution in [1.29, 1.82) is 0 Å². The summed E-state index contributed by atoms with van der Waals surface area (Å²) in [7, 11) is 1.47. The number of nitrogens with two attached hydrogens (primary N) is 1. The van der Waals surface area contributed by atoms with Crippen molar-refractivity contribution in [3.63, 3.8) is 0 Å². The van der Waals surface area contributed by atoms with Crippen molar-refractivity contribution in [2.24, 2.45) is 5.73 Å². The zero-order valence-electron chi connectivity index (χ0n) is 13.1. The highest BCUT2D eigenvalue weighted by atomic mass is 19.4. The first-order chi connectivity index (χ1) is 11.2. The molecule has 1 aromatic rings. The lowest BCUT2D eigenvalue weighted by atomic mass is 10.0. The molecule has 0 aromatic heterocycles. The lowest BCUT2D eigenvalue weighted by Crippen LogP contribution is -2.47. The fraction of sp³-hybridized carbons (Fsp3) is 0.467. The van der Waals surface area contributed by atoms with Gasteiger partial charge in [0.2, 0.25) is 11.8 Å². The van der Waals surface area contributed by atoms with Crippen molar-refractivity contribution >= 4 is 11.8 Å². The molecule has 0 aliphatic carbocycles. The van der Waals surface area contributed by atoms with E-state index in [4.69, 9.17) is 15.2 Å². The molecule has 0 fully saturated rings. The molecule has 0 spiro atoms.